The van der Waals surface area contributed by atoms with Crippen LogP contribution in [0.5, 0.6) is 0 Å². The van der Waals surface area contributed by atoms with Crippen LogP contribution >= 0.6 is 0 Å². The van der Waals surface area contributed by atoms with E-state index in [0.717, 1.165) is 25.7 Å². The number of carbonyl (C=O) groups excluding carboxylic acids is 1. The number of carbonyl (C=O) groups is 1. The second-order valence-electron chi connectivity index (χ2n) is 6.86. The van der Waals surface area contributed by atoms with Crippen molar-refractivity contribution in [1.29, 1.82) is 0 Å². The van der Waals surface area contributed by atoms with Crippen molar-refractivity contribution >= 4 is 5.91 Å². The Balaban J connectivity index is 1.76. The molecule has 1 saturated heterocycles. The van der Waals surface area contributed by atoms with Crippen LogP contribution < -0.4 is 0 Å². The summed E-state index contributed by atoms with van der Waals surface area (Å²) in [6.45, 7) is 4.41. The molecule has 1 aliphatic carbocycles. The predicted molar refractivity (Wildman–Crippen MR) is 76.3 cm³/mol. The molecule has 22 heavy (non-hydrogen) atoms. The number of nitrogens with zero attached hydrogens (tertiary/aromatic N) is 2. The number of hydrogen-bond donors (Lipinski definition) is 1. The molecule has 0 unspecified atom stereocenters. The van der Waals surface area contributed by atoms with Crippen molar-refractivity contribution in [3.8, 4) is 0 Å². The van der Waals surface area contributed by atoms with Gasteiger partial charge in [-0.15, -0.1) is 0 Å². The van der Waals surface area contributed by atoms with Crippen LogP contribution in [0, 0.1) is 5.92 Å². The summed E-state index contributed by atoms with van der Waals surface area (Å²) in [7, 11) is 0. The van der Waals surface area contributed by atoms with E-state index in [4.69, 9.17) is 0 Å². The van der Waals surface area contributed by atoms with Gasteiger partial charge in [-0.1, -0.05) is 6.92 Å². The molecule has 2 aliphatic rings. The van der Waals surface area contributed by atoms with E-state index in [2.05, 4.69) is 11.8 Å². The van der Waals surface area contributed by atoms with Crippen LogP contribution in [0.3, 0.4) is 0 Å². The molecule has 7 heteroatoms. The maximum absolute atomic E-state index is 12.2. The summed E-state index contributed by atoms with van der Waals surface area (Å²) in [6.07, 6.45) is -2.24. The van der Waals surface area contributed by atoms with Gasteiger partial charge < -0.3 is 10.0 Å². The molecule has 0 atom stereocenters. The lowest BCUT2D eigenvalue weighted by molar-refractivity contribution is -0.162. The number of aliphatic hydroxyl groups is 1. The van der Waals surface area contributed by atoms with Crippen LogP contribution in [0.1, 0.15) is 39.0 Å². The van der Waals surface area contributed by atoms with E-state index in [1.807, 2.05) is 0 Å². The number of rotatable bonds is 3. The molecule has 0 aromatic rings. The third kappa shape index (κ3) is 5.12. The van der Waals surface area contributed by atoms with Gasteiger partial charge in [0, 0.05) is 32.7 Å². The Kier molecular flexibility index (Phi) is 5.37. The number of piperazine rings is 1. The fourth-order valence-electron chi connectivity index (χ4n) is 3.31. The van der Waals surface area contributed by atoms with E-state index in [1.165, 1.54) is 4.90 Å². The molecule has 1 aliphatic heterocycles. The summed E-state index contributed by atoms with van der Waals surface area (Å²) >= 11 is 0. The summed E-state index contributed by atoms with van der Waals surface area (Å²) in [4.78, 5) is 14.9. The monoisotopic (exact) mass is 322 g/mol. The fourth-order valence-corrected chi connectivity index (χ4v) is 3.31. The highest BCUT2D eigenvalue weighted by Crippen LogP contribution is 2.32. The average molecular weight is 322 g/mol. The molecule has 0 bridgehead atoms. The van der Waals surface area contributed by atoms with E-state index in [-0.39, 0.29) is 0 Å². The van der Waals surface area contributed by atoms with Gasteiger partial charge in [0.15, 0.2) is 0 Å². The maximum Gasteiger partial charge on any atom is 0.397 e. The lowest BCUT2D eigenvalue weighted by Gasteiger charge is -2.42. The van der Waals surface area contributed by atoms with Gasteiger partial charge in [0.05, 0.1) is 5.60 Å². The second-order valence-corrected chi connectivity index (χ2v) is 6.86. The molecule has 2 fully saturated rings. The van der Waals surface area contributed by atoms with Crippen LogP contribution in [0.25, 0.3) is 0 Å². The lowest BCUT2D eigenvalue weighted by Crippen LogP contribution is -2.54. The van der Waals surface area contributed by atoms with Crippen molar-refractivity contribution < 1.29 is 23.1 Å². The molecule has 0 aromatic heterocycles. The molecule has 1 heterocycles. The molecule has 0 aromatic carbocycles. The number of alkyl halides is 3. The van der Waals surface area contributed by atoms with Crippen LogP contribution in [0.15, 0.2) is 0 Å². The minimum Gasteiger partial charge on any atom is -0.389 e. The average Bonchev–Trinajstić information content (AvgIpc) is 2.41. The molecule has 1 amide bonds. The van der Waals surface area contributed by atoms with Gasteiger partial charge in [-0.05, 0) is 31.6 Å². The molecule has 0 spiro atoms. The normalized spacial score (nSPS) is 31.3. The first-order valence-electron chi connectivity index (χ1n) is 7.96. The molecule has 1 saturated carbocycles. The highest BCUT2D eigenvalue weighted by molar-refractivity contribution is 5.76. The van der Waals surface area contributed by atoms with Crippen molar-refractivity contribution in [2.75, 3.05) is 32.7 Å². The zero-order valence-corrected chi connectivity index (χ0v) is 13.0. The molecule has 2 rings (SSSR count). The Bertz CT molecular complexity index is 385. The largest absolute Gasteiger partial charge is 0.397 e. The molecule has 128 valence electrons. The van der Waals surface area contributed by atoms with Crippen LogP contribution in [0.4, 0.5) is 13.2 Å². The zero-order chi connectivity index (χ0) is 16.4. The Morgan fingerprint density at radius 2 is 1.73 bits per heavy atom. The summed E-state index contributed by atoms with van der Waals surface area (Å²) in [6, 6.07) is 0. The minimum absolute atomic E-state index is 0.307. The Labute approximate surface area is 129 Å². The van der Waals surface area contributed by atoms with Gasteiger partial charge in [0.2, 0.25) is 5.91 Å². The second kappa shape index (κ2) is 6.74. The van der Waals surface area contributed by atoms with Crippen LogP contribution in [0.2, 0.25) is 0 Å². The fraction of sp³-hybridized carbons (Fsp3) is 0.933. The Hall–Kier alpha value is -0.820. The van der Waals surface area contributed by atoms with Gasteiger partial charge >= 0.3 is 6.18 Å². The molecule has 1 N–H and O–H groups in total. The van der Waals surface area contributed by atoms with Crippen molar-refractivity contribution in [3.05, 3.63) is 0 Å². The zero-order valence-electron chi connectivity index (χ0n) is 13.0. The molecular weight excluding hydrogens is 297 g/mol. The topological polar surface area (TPSA) is 43.8 Å². The van der Waals surface area contributed by atoms with Crippen molar-refractivity contribution in [1.82, 2.24) is 9.80 Å². The molecular formula is C15H25F3N2O2. The van der Waals surface area contributed by atoms with E-state index >= 15 is 0 Å². The Morgan fingerprint density at radius 1 is 1.18 bits per heavy atom. The van der Waals surface area contributed by atoms with E-state index in [0.29, 0.717) is 38.6 Å². The van der Waals surface area contributed by atoms with Gasteiger partial charge in [0.1, 0.15) is 6.42 Å². The van der Waals surface area contributed by atoms with E-state index in [1.54, 1.807) is 0 Å². The minimum atomic E-state index is -4.44. The predicted octanol–water partition coefficient (Wildman–Crippen LogP) is 2.02. The third-order valence-electron chi connectivity index (χ3n) is 4.80. The quantitative estimate of drug-likeness (QED) is 0.864. The van der Waals surface area contributed by atoms with Gasteiger partial charge in [-0.2, -0.15) is 13.2 Å². The smallest absolute Gasteiger partial charge is 0.389 e. The van der Waals surface area contributed by atoms with Gasteiger partial charge in [0.25, 0.3) is 0 Å². The Morgan fingerprint density at radius 3 is 2.23 bits per heavy atom. The van der Waals surface area contributed by atoms with Crippen molar-refractivity contribution in [2.24, 2.45) is 5.92 Å². The van der Waals surface area contributed by atoms with Crippen LogP contribution in [-0.2, 0) is 4.79 Å². The summed E-state index contributed by atoms with van der Waals surface area (Å²) < 4.78 is 36.7. The number of hydrogen-bond acceptors (Lipinski definition) is 3. The number of β-amino-alcohol motifs (C(OH)–C–C–N with tert-alkyl or cyclic N) is 1. The first-order valence-corrected chi connectivity index (χ1v) is 7.96. The van der Waals surface area contributed by atoms with Crippen molar-refractivity contribution in [2.45, 2.75) is 50.8 Å². The van der Waals surface area contributed by atoms with Crippen LogP contribution in [-0.4, -0.2) is 65.3 Å². The highest BCUT2D eigenvalue weighted by atomic mass is 19.4. The summed E-state index contributed by atoms with van der Waals surface area (Å²) in [5.74, 6) is -0.200. The SMILES string of the molecule is CC1CCC(O)(CN2CCN(C(=O)CC(F)(F)F)CC2)CC1. The first-order chi connectivity index (χ1) is 10.2. The number of halogens is 3. The third-order valence-corrected chi connectivity index (χ3v) is 4.80. The number of amides is 1. The van der Waals surface area contributed by atoms with Gasteiger partial charge in [-0.25, -0.2) is 0 Å². The summed E-state index contributed by atoms with van der Waals surface area (Å²) in [5, 5.41) is 10.6. The maximum atomic E-state index is 12.2. The summed E-state index contributed by atoms with van der Waals surface area (Å²) in [5.41, 5.74) is -0.676. The molecule has 4 nitrogen and oxygen atoms in total. The highest BCUT2D eigenvalue weighted by Gasteiger charge is 2.37. The van der Waals surface area contributed by atoms with E-state index < -0.39 is 24.1 Å². The lowest BCUT2D eigenvalue weighted by atomic mass is 9.79. The standard InChI is InChI=1S/C15H25F3N2O2/c1-12-2-4-14(22,5-3-12)11-19-6-8-20(9-7-19)13(21)10-15(16,17)18/h12,22H,2-11H2,1H3. The van der Waals surface area contributed by atoms with E-state index in [9.17, 15) is 23.1 Å². The van der Waals surface area contributed by atoms with Crippen molar-refractivity contribution in [3.63, 3.8) is 0 Å². The molecule has 0 radical (unpaired) electrons. The first kappa shape index (κ1) is 17.5. The van der Waals surface area contributed by atoms with Gasteiger partial charge in [-0.3, -0.25) is 9.69 Å².